The summed E-state index contributed by atoms with van der Waals surface area (Å²) in [7, 11) is 3.75. The molecule has 2 heterocycles. The first-order valence-electron chi connectivity index (χ1n) is 8.88. The zero-order chi connectivity index (χ0) is 19.0. The second kappa shape index (κ2) is 7.15. The monoisotopic (exact) mass is 382 g/mol. The normalized spacial score (nSPS) is 14.9. The van der Waals surface area contributed by atoms with Crippen LogP contribution in [-0.4, -0.2) is 45.1 Å². The second-order valence-electron chi connectivity index (χ2n) is 6.80. The van der Waals surface area contributed by atoms with Crippen LogP contribution >= 0.6 is 11.8 Å². The van der Waals surface area contributed by atoms with Crippen LogP contribution in [0.5, 0.6) is 0 Å². The van der Waals surface area contributed by atoms with Crippen LogP contribution in [0.1, 0.15) is 30.8 Å². The number of rotatable bonds is 6. The van der Waals surface area contributed by atoms with Gasteiger partial charge in [-0.05, 0) is 31.9 Å². The van der Waals surface area contributed by atoms with Crippen molar-refractivity contribution in [2.75, 3.05) is 30.0 Å². The third-order valence-electron chi connectivity index (χ3n) is 4.20. The molecule has 9 heteroatoms. The molecule has 1 aliphatic carbocycles. The third kappa shape index (κ3) is 4.02. The summed E-state index contributed by atoms with van der Waals surface area (Å²) in [6, 6.07) is 8.58. The average Bonchev–Trinajstić information content (AvgIpc) is 3.45. The van der Waals surface area contributed by atoms with E-state index in [1.165, 1.54) is 24.6 Å². The molecule has 0 spiro atoms. The van der Waals surface area contributed by atoms with Crippen molar-refractivity contribution < 1.29 is 0 Å². The average molecular weight is 382 g/mol. The summed E-state index contributed by atoms with van der Waals surface area (Å²) in [5, 5.41) is 5.18. The molecule has 0 saturated heterocycles. The number of thioether (sulfide) groups is 1. The number of aromatic nitrogens is 5. The van der Waals surface area contributed by atoms with Crippen molar-refractivity contribution >= 4 is 40.4 Å². The van der Waals surface area contributed by atoms with E-state index in [1.807, 2.05) is 50.2 Å². The molecule has 140 valence electrons. The standard InChI is InChI=1S/C18H22N8S/c1-10(14-22-16(19)25-17(23-14)26(2)3)27-18-21-13-7-5-4-6-12(13)15(24-18)20-11-8-9-11/h4-7,10-11H,8-9H2,1-3H3,(H,20,21,24)(H2,19,22,23,25). The molecule has 8 nitrogen and oxygen atoms in total. The zero-order valence-corrected chi connectivity index (χ0v) is 16.4. The Kier molecular flexibility index (Phi) is 4.69. The maximum atomic E-state index is 5.85. The summed E-state index contributed by atoms with van der Waals surface area (Å²) in [5.74, 6) is 2.26. The Morgan fingerprint density at radius 3 is 2.63 bits per heavy atom. The molecule has 1 atom stereocenters. The number of nitrogens with one attached hydrogen (secondary N) is 1. The Morgan fingerprint density at radius 1 is 1.11 bits per heavy atom. The fourth-order valence-corrected chi connectivity index (χ4v) is 3.45. The minimum absolute atomic E-state index is 0.0658. The van der Waals surface area contributed by atoms with Gasteiger partial charge in [0.25, 0.3) is 0 Å². The summed E-state index contributed by atoms with van der Waals surface area (Å²) in [6.45, 7) is 2.02. The molecule has 2 aromatic heterocycles. The minimum Gasteiger partial charge on any atom is -0.368 e. The van der Waals surface area contributed by atoms with Gasteiger partial charge in [-0.25, -0.2) is 9.97 Å². The van der Waals surface area contributed by atoms with Crippen LogP contribution in [0, 0.1) is 0 Å². The molecule has 1 aliphatic rings. The van der Waals surface area contributed by atoms with Crippen molar-refractivity contribution in [3.8, 4) is 0 Å². The van der Waals surface area contributed by atoms with Gasteiger partial charge in [0.15, 0.2) is 5.16 Å². The van der Waals surface area contributed by atoms with Crippen LogP contribution in [0.4, 0.5) is 17.7 Å². The Morgan fingerprint density at radius 2 is 1.89 bits per heavy atom. The summed E-state index contributed by atoms with van der Waals surface area (Å²) in [5.41, 5.74) is 6.77. The van der Waals surface area contributed by atoms with E-state index in [9.17, 15) is 0 Å². The van der Waals surface area contributed by atoms with Crippen molar-refractivity contribution in [3.05, 3.63) is 30.1 Å². The van der Waals surface area contributed by atoms with Gasteiger partial charge in [0, 0.05) is 25.5 Å². The molecule has 1 saturated carbocycles. The number of hydrogen-bond donors (Lipinski definition) is 2. The van der Waals surface area contributed by atoms with Crippen LogP contribution < -0.4 is 16.0 Å². The van der Waals surface area contributed by atoms with E-state index >= 15 is 0 Å². The number of para-hydroxylation sites is 1. The molecule has 0 amide bonds. The van der Waals surface area contributed by atoms with Gasteiger partial charge >= 0.3 is 0 Å². The lowest BCUT2D eigenvalue weighted by atomic mass is 10.2. The molecule has 1 fully saturated rings. The Balaban J connectivity index is 1.64. The van der Waals surface area contributed by atoms with E-state index < -0.39 is 0 Å². The highest BCUT2D eigenvalue weighted by atomic mass is 32.2. The third-order valence-corrected chi connectivity index (χ3v) is 5.16. The Labute approximate surface area is 162 Å². The van der Waals surface area contributed by atoms with Crippen LogP contribution in [0.2, 0.25) is 0 Å². The lowest BCUT2D eigenvalue weighted by Gasteiger charge is -2.15. The van der Waals surface area contributed by atoms with Gasteiger partial charge in [-0.15, -0.1) is 0 Å². The van der Waals surface area contributed by atoms with E-state index in [4.69, 9.17) is 15.7 Å². The number of hydrogen-bond acceptors (Lipinski definition) is 9. The smallest absolute Gasteiger partial charge is 0.229 e. The molecule has 1 unspecified atom stereocenters. The molecule has 4 rings (SSSR count). The van der Waals surface area contributed by atoms with Crippen molar-refractivity contribution in [1.29, 1.82) is 0 Å². The SMILES string of the molecule is CC(Sc1nc(NC2CC2)c2ccccc2n1)c1nc(N)nc(N(C)C)n1. The first kappa shape index (κ1) is 17.7. The van der Waals surface area contributed by atoms with Gasteiger partial charge in [-0.1, -0.05) is 23.9 Å². The second-order valence-corrected chi connectivity index (χ2v) is 8.10. The fourth-order valence-electron chi connectivity index (χ4n) is 2.63. The molecular formula is C18H22N8S. The molecule has 0 radical (unpaired) electrons. The number of nitrogens with zero attached hydrogens (tertiary/aromatic N) is 6. The van der Waals surface area contributed by atoms with Gasteiger partial charge in [0.1, 0.15) is 11.6 Å². The number of fused-ring (bicyclic) bond motifs is 1. The molecule has 3 aromatic rings. The van der Waals surface area contributed by atoms with Crippen LogP contribution in [0.25, 0.3) is 10.9 Å². The maximum Gasteiger partial charge on any atom is 0.229 e. The van der Waals surface area contributed by atoms with E-state index in [-0.39, 0.29) is 11.2 Å². The Bertz CT molecular complexity index is 973. The Hall–Kier alpha value is -2.68. The number of nitrogen functional groups attached to an aromatic ring is 1. The highest BCUT2D eigenvalue weighted by Gasteiger charge is 2.23. The van der Waals surface area contributed by atoms with Gasteiger partial charge in [-0.3, -0.25) is 0 Å². The first-order valence-corrected chi connectivity index (χ1v) is 9.76. The van der Waals surface area contributed by atoms with Gasteiger partial charge < -0.3 is 16.0 Å². The number of anilines is 3. The largest absolute Gasteiger partial charge is 0.368 e. The topological polar surface area (TPSA) is 106 Å². The van der Waals surface area contributed by atoms with Crippen molar-refractivity contribution in [2.45, 2.75) is 36.2 Å². The van der Waals surface area contributed by atoms with Gasteiger partial charge in [0.2, 0.25) is 11.9 Å². The molecule has 3 N–H and O–H groups in total. The quantitative estimate of drug-likeness (QED) is 0.491. The van der Waals surface area contributed by atoms with Crippen molar-refractivity contribution in [2.24, 2.45) is 0 Å². The van der Waals surface area contributed by atoms with Crippen molar-refractivity contribution in [3.63, 3.8) is 0 Å². The van der Waals surface area contributed by atoms with Crippen molar-refractivity contribution in [1.82, 2.24) is 24.9 Å². The highest BCUT2D eigenvalue weighted by molar-refractivity contribution is 7.99. The summed E-state index contributed by atoms with van der Waals surface area (Å²) in [4.78, 5) is 24.2. The molecule has 1 aromatic carbocycles. The molecule has 0 bridgehead atoms. The lowest BCUT2D eigenvalue weighted by molar-refractivity contribution is 0.859. The van der Waals surface area contributed by atoms with Crippen LogP contribution in [0.3, 0.4) is 0 Å². The van der Waals surface area contributed by atoms with E-state index in [2.05, 4.69) is 20.3 Å². The fraction of sp³-hybridized carbons (Fsp3) is 0.389. The number of nitrogens with two attached hydrogens (primary N) is 1. The highest BCUT2D eigenvalue weighted by Crippen LogP contribution is 2.35. The van der Waals surface area contributed by atoms with E-state index in [1.54, 1.807) is 0 Å². The molecule has 27 heavy (non-hydrogen) atoms. The zero-order valence-electron chi connectivity index (χ0n) is 15.5. The number of benzene rings is 1. The summed E-state index contributed by atoms with van der Waals surface area (Å²) in [6.07, 6.45) is 2.38. The van der Waals surface area contributed by atoms with E-state index in [0.717, 1.165) is 16.7 Å². The summed E-state index contributed by atoms with van der Waals surface area (Å²) >= 11 is 1.51. The summed E-state index contributed by atoms with van der Waals surface area (Å²) < 4.78 is 0. The van der Waals surface area contributed by atoms with Gasteiger partial charge in [0.05, 0.1) is 10.8 Å². The van der Waals surface area contributed by atoms with Crippen LogP contribution in [0.15, 0.2) is 29.4 Å². The van der Waals surface area contributed by atoms with E-state index in [0.29, 0.717) is 23.0 Å². The predicted octanol–water partition coefficient (Wildman–Crippen LogP) is 2.89. The van der Waals surface area contributed by atoms with Gasteiger partial charge in [-0.2, -0.15) is 15.0 Å². The predicted molar refractivity (Wildman–Crippen MR) is 109 cm³/mol. The first-order chi connectivity index (χ1) is 13.0. The minimum atomic E-state index is -0.0658. The molecular weight excluding hydrogens is 360 g/mol. The maximum absolute atomic E-state index is 5.85. The van der Waals surface area contributed by atoms with Crippen LogP contribution in [-0.2, 0) is 0 Å². The lowest BCUT2D eigenvalue weighted by Crippen LogP contribution is -2.16. The molecule has 0 aliphatic heterocycles.